The lowest BCUT2D eigenvalue weighted by Gasteiger charge is -2.22. The Morgan fingerprint density at radius 2 is 2.08 bits per heavy atom. The number of nitrogens with zero attached hydrogens (tertiary/aromatic N) is 2. The molecule has 1 aliphatic carbocycles. The maximum atomic E-state index is 13.9. The molecule has 1 saturated heterocycles. The van der Waals surface area contributed by atoms with Crippen LogP contribution >= 0.6 is 0 Å². The number of methoxy groups -OCH3 is 1. The number of rotatable bonds is 5. The number of halogens is 2. The molecule has 1 amide bonds. The Hall–Kier alpha value is -1.53. The Morgan fingerprint density at radius 3 is 2.88 bits per heavy atom. The summed E-state index contributed by atoms with van der Waals surface area (Å²) in [6.07, 6.45) is 1.55. The summed E-state index contributed by atoms with van der Waals surface area (Å²) >= 11 is 0. The van der Waals surface area contributed by atoms with Gasteiger partial charge in [0, 0.05) is 39.2 Å². The number of carbonyl (C=O) groups is 1. The number of benzene rings is 1. The third-order valence-electron chi connectivity index (χ3n) is 4.98. The summed E-state index contributed by atoms with van der Waals surface area (Å²) in [5, 5.41) is 0. The Morgan fingerprint density at radius 1 is 1.25 bits per heavy atom. The molecule has 2 fully saturated rings. The molecule has 1 heterocycles. The first-order chi connectivity index (χ1) is 11.6. The smallest absolute Gasteiger partial charge is 0.226 e. The molecule has 1 saturated carbocycles. The molecule has 0 spiro atoms. The molecule has 132 valence electrons. The van der Waals surface area contributed by atoms with Crippen molar-refractivity contribution >= 4 is 5.91 Å². The summed E-state index contributed by atoms with van der Waals surface area (Å²) in [4.78, 5) is 16.9. The molecule has 1 aliphatic heterocycles. The van der Waals surface area contributed by atoms with Gasteiger partial charge in [0.15, 0.2) is 0 Å². The van der Waals surface area contributed by atoms with Crippen LogP contribution in [-0.4, -0.2) is 62.1 Å². The molecule has 1 aromatic carbocycles. The van der Waals surface area contributed by atoms with Crippen LogP contribution in [0.2, 0.25) is 0 Å². The number of carbonyl (C=O) groups excluding carboxylic acids is 1. The van der Waals surface area contributed by atoms with Crippen LogP contribution in [0.1, 0.15) is 24.3 Å². The van der Waals surface area contributed by atoms with E-state index in [0.29, 0.717) is 25.1 Å². The van der Waals surface area contributed by atoms with Crippen LogP contribution in [-0.2, 0) is 9.53 Å². The molecule has 6 heteroatoms. The molecule has 2 aliphatic rings. The van der Waals surface area contributed by atoms with E-state index in [9.17, 15) is 13.6 Å². The Labute approximate surface area is 141 Å². The second kappa shape index (κ2) is 7.57. The summed E-state index contributed by atoms with van der Waals surface area (Å²) in [7, 11) is 1.69. The zero-order valence-corrected chi connectivity index (χ0v) is 14.0. The van der Waals surface area contributed by atoms with E-state index >= 15 is 0 Å². The highest BCUT2D eigenvalue weighted by Crippen LogP contribution is 2.49. The van der Waals surface area contributed by atoms with Crippen LogP contribution in [0.15, 0.2) is 18.2 Å². The quantitative estimate of drug-likeness (QED) is 0.826. The minimum Gasteiger partial charge on any atom is -0.383 e. The minimum absolute atomic E-state index is 0.0808. The second-order valence-corrected chi connectivity index (χ2v) is 6.63. The standard InChI is InChI=1S/C18H24F2N2O2/c1-24-10-9-21-5-2-6-22(8-7-21)18(23)16-12-14(16)15-11-13(19)3-4-17(15)20/h3-4,11,14,16H,2,5-10,12H2,1H3/t14-,16+/m0/s1. The van der Waals surface area contributed by atoms with Crippen LogP contribution in [0.3, 0.4) is 0 Å². The van der Waals surface area contributed by atoms with Gasteiger partial charge in [-0.05, 0) is 49.1 Å². The van der Waals surface area contributed by atoms with Gasteiger partial charge in [-0.1, -0.05) is 0 Å². The fraction of sp³-hybridized carbons (Fsp3) is 0.611. The number of hydrogen-bond acceptors (Lipinski definition) is 3. The van der Waals surface area contributed by atoms with E-state index < -0.39 is 11.6 Å². The first-order valence-electron chi connectivity index (χ1n) is 8.55. The van der Waals surface area contributed by atoms with Gasteiger partial charge in [-0.25, -0.2) is 8.78 Å². The molecule has 24 heavy (non-hydrogen) atoms. The second-order valence-electron chi connectivity index (χ2n) is 6.63. The van der Waals surface area contributed by atoms with Crippen molar-refractivity contribution in [1.82, 2.24) is 9.80 Å². The number of ether oxygens (including phenoxy) is 1. The van der Waals surface area contributed by atoms with E-state index in [1.165, 1.54) is 6.07 Å². The van der Waals surface area contributed by atoms with E-state index in [1.54, 1.807) is 7.11 Å². The SMILES string of the molecule is COCCN1CCCN(C(=O)[C@@H]2C[C@H]2c2cc(F)ccc2F)CC1. The van der Waals surface area contributed by atoms with Gasteiger partial charge in [-0.15, -0.1) is 0 Å². The average Bonchev–Trinajstić information content (AvgIpc) is 3.38. The van der Waals surface area contributed by atoms with Crippen molar-refractivity contribution in [3.8, 4) is 0 Å². The van der Waals surface area contributed by atoms with Crippen molar-refractivity contribution in [2.45, 2.75) is 18.8 Å². The van der Waals surface area contributed by atoms with Crippen molar-refractivity contribution < 1.29 is 18.3 Å². The van der Waals surface area contributed by atoms with E-state index in [-0.39, 0.29) is 17.7 Å². The number of amides is 1. The lowest BCUT2D eigenvalue weighted by atomic mass is 10.1. The van der Waals surface area contributed by atoms with E-state index in [1.807, 2.05) is 4.90 Å². The normalized spacial score (nSPS) is 24.7. The molecule has 0 N–H and O–H groups in total. The Bertz CT molecular complexity index is 596. The van der Waals surface area contributed by atoms with E-state index in [4.69, 9.17) is 4.74 Å². The van der Waals surface area contributed by atoms with Crippen LogP contribution < -0.4 is 0 Å². The maximum Gasteiger partial charge on any atom is 0.226 e. The Balaban J connectivity index is 1.57. The monoisotopic (exact) mass is 338 g/mol. The van der Waals surface area contributed by atoms with Gasteiger partial charge in [0.05, 0.1) is 6.61 Å². The lowest BCUT2D eigenvalue weighted by Crippen LogP contribution is -2.37. The van der Waals surface area contributed by atoms with Crippen molar-refractivity contribution in [2.24, 2.45) is 5.92 Å². The van der Waals surface area contributed by atoms with Gasteiger partial charge in [-0.2, -0.15) is 0 Å². The maximum absolute atomic E-state index is 13.9. The number of hydrogen-bond donors (Lipinski definition) is 0. The highest BCUT2D eigenvalue weighted by atomic mass is 19.1. The molecular weight excluding hydrogens is 314 g/mol. The molecule has 1 aromatic rings. The predicted molar refractivity (Wildman–Crippen MR) is 86.7 cm³/mol. The lowest BCUT2D eigenvalue weighted by molar-refractivity contribution is -0.132. The first kappa shape index (κ1) is 17.3. The summed E-state index contributed by atoms with van der Waals surface area (Å²) in [5.41, 5.74) is 0.338. The van der Waals surface area contributed by atoms with Crippen molar-refractivity contribution in [2.75, 3.05) is 46.4 Å². The van der Waals surface area contributed by atoms with E-state index in [2.05, 4.69) is 4.90 Å². The summed E-state index contributed by atoms with van der Waals surface area (Å²) in [6, 6.07) is 3.48. The van der Waals surface area contributed by atoms with Crippen molar-refractivity contribution in [3.05, 3.63) is 35.4 Å². The highest BCUT2D eigenvalue weighted by Gasteiger charge is 2.47. The fourth-order valence-corrected chi connectivity index (χ4v) is 3.48. The van der Waals surface area contributed by atoms with Gasteiger partial charge < -0.3 is 9.64 Å². The molecule has 0 radical (unpaired) electrons. The summed E-state index contributed by atoms with van der Waals surface area (Å²) < 4.78 is 32.3. The average molecular weight is 338 g/mol. The third kappa shape index (κ3) is 3.92. The molecule has 4 nitrogen and oxygen atoms in total. The van der Waals surface area contributed by atoms with Gasteiger partial charge in [0.1, 0.15) is 11.6 Å². The minimum atomic E-state index is -0.451. The molecular formula is C18H24F2N2O2. The van der Waals surface area contributed by atoms with Crippen molar-refractivity contribution in [3.63, 3.8) is 0 Å². The zero-order chi connectivity index (χ0) is 17.1. The predicted octanol–water partition coefficient (Wildman–Crippen LogP) is 2.25. The van der Waals surface area contributed by atoms with Gasteiger partial charge >= 0.3 is 0 Å². The summed E-state index contributed by atoms with van der Waals surface area (Å²) in [6.45, 7) is 4.78. The van der Waals surface area contributed by atoms with Gasteiger partial charge in [-0.3, -0.25) is 9.69 Å². The van der Waals surface area contributed by atoms with Gasteiger partial charge in [0.25, 0.3) is 0 Å². The summed E-state index contributed by atoms with van der Waals surface area (Å²) in [5.74, 6) is -1.17. The molecule has 2 atom stereocenters. The van der Waals surface area contributed by atoms with Crippen molar-refractivity contribution in [1.29, 1.82) is 0 Å². The van der Waals surface area contributed by atoms with Crippen LogP contribution in [0.25, 0.3) is 0 Å². The molecule has 0 bridgehead atoms. The fourth-order valence-electron chi connectivity index (χ4n) is 3.48. The zero-order valence-electron chi connectivity index (χ0n) is 14.0. The molecule has 0 aromatic heterocycles. The molecule has 0 unspecified atom stereocenters. The molecule has 3 rings (SSSR count). The Kier molecular flexibility index (Phi) is 5.46. The van der Waals surface area contributed by atoms with Gasteiger partial charge in [0.2, 0.25) is 5.91 Å². The topological polar surface area (TPSA) is 32.8 Å². The van der Waals surface area contributed by atoms with Crippen LogP contribution in [0.4, 0.5) is 8.78 Å². The largest absolute Gasteiger partial charge is 0.383 e. The van der Waals surface area contributed by atoms with Crippen LogP contribution in [0, 0.1) is 17.6 Å². The third-order valence-corrected chi connectivity index (χ3v) is 4.98. The first-order valence-corrected chi connectivity index (χ1v) is 8.55. The van der Waals surface area contributed by atoms with E-state index in [0.717, 1.165) is 44.7 Å². The van der Waals surface area contributed by atoms with Crippen LogP contribution in [0.5, 0.6) is 0 Å². The highest BCUT2D eigenvalue weighted by molar-refractivity contribution is 5.83.